The van der Waals surface area contributed by atoms with E-state index in [0.29, 0.717) is 19.1 Å². The Hall–Kier alpha value is -0.160. The number of aliphatic hydroxyl groups excluding tert-OH is 1. The molecule has 0 amide bonds. The molecule has 4 heteroatoms. The molecule has 0 aromatic carbocycles. The van der Waals surface area contributed by atoms with Gasteiger partial charge in [-0.3, -0.25) is 0 Å². The maximum atomic E-state index is 9.86. The predicted molar refractivity (Wildman–Crippen MR) is 68.1 cm³/mol. The van der Waals surface area contributed by atoms with E-state index in [2.05, 4.69) is 4.90 Å². The van der Waals surface area contributed by atoms with Crippen molar-refractivity contribution in [1.29, 1.82) is 0 Å². The number of hydrogen-bond donors (Lipinski definition) is 1. The largest absolute Gasteiger partial charge is 0.389 e. The third-order valence-electron chi connectivity index (χ3n) is 2.83. The van der Waals surface area contributed by atoms with Crippen LogP contribution in [0.25, 0.3) is 0 Å². The van der Waals surface area contributed by atoms with Crippen LogP contribution in [0.3, 0.4) is 0 Å². The fourth-order valence-corrected chi connectivity index (χ4v) is 2.00. The summed E-state index contributed by atoms with van der Waals surface area (Å²) in [5.41, 5.74) is -0.182. The highest BCUT2D eigenvalue weighted by Crippen LogP contribution is 2.13. The van der Waals surface area contributed by atoms with Crippen LogP contribution in [0.15, 0.2) is 0 Å². The quantitative estimate of drug-likeness (QED) is 0.762. The van der Waals surface area contributed by atoms with Crippen molar-refractivity contribution in [3.63, 3.8) is 0 Å². The van der Waals surface area contributed by atoms with Gasteiger partial charge in [0, 0.05) is 19.7 Å². The second kappa shape index (κ2) is 6.69. The van der Waals surface area contributed by atoms with Crippen LogP contribution >= 0.6 is 0 Å². The number of nitrogens with zero attached hydrogens (tertiary/aromatic N) is 1. The van der Waals surface area contributed by atoms with Crippen LogP contribution in [-0.2, 0) is 9.47 Å². The lowest BCUT2D eigenvalue weighted by Crippen LogP contribution is -2.37. The van der Waals surface area contributed by atoms with Crippen molar-refractivity contribution in [2.75, 3.05) is 40.0 Å². The fourth-order valence-electron chi connectivity index (χ4n) is 2.00. The summed E-state index contributed by atoms with van der Waals surface area (Å²) in [7, 11) is 2.04. The van der Waals surface area contributed by atoms with Gasteiger partial charge in [-0.1, -0.05) is 0 Å². The van der Waals surface area contributed by atoms with Gasteiger partial charge in [0.05, 0.1) is 24.9 Å². The van der Waals surface area contributed by atoms with Gasteiger partial charge >= 0.3 is 0 Å². The van der Waals surface area contributed by atoms with Crippen LogP contribution < -0.4 is 0 Å². The summed E-state index contributed by atoms with van der Waals surface area (Å²) < 4.78 is 10.9. The third-order valence-corrected chi connectivity index (χ3v) is 2.83. The van der Waals surface area contributed by atoms with Crippen molar-refractivity contribution in [3.8, 4) is 0 Å². The molecule has 0 saturated carbocycles. The van der Waals surface area contributed by atoms with E-state index in [1.165, 1.54) is 0 Å². The summed E-state index contributed by atoms with van der Waals surface area (Å²) in [5, 5.41) is 9.86. The van der Waals surface area contributed by atoms with Crippen molar-refractivity contribution in [1.82, 2.24) is 4.90 Å². The van der Waals surface area contributed by atoms with Crippen LogP contribution in [0.1, 0.15) is 27.2 Å². The molecule has 1 heterocycles. The van der Waals surface area contributed by atoms with E-state index in [1.807, 2.05) is 27.8 Å². The molecule has 4 nitrogen and oxygen atoms in total. The molecule has 0 aliphatic carbocycles. The molecule has 1 saturated heterocycles. The molecule has 102 valence electrons. The SMILES string of the molecule is CN(CC(O)COC(C)(C)C)CC1CCOC1. The first-order valence-electron chi connectivity index (χ1n) is 6.45. The van der Waals surface area contributed by atoms with Crippen LogP contribution in [-0.4, -0.2) is 61.7 Å². The second-order valence-electron chi connectivity index (χ2n) is 6.03. The molecule has 17 heavy (non-hydrogen) atoms. The van der Waals surface area contributed by atoms with Gasteiger partial charge in [0.15, 0.2) is 0 Å². The first-order chi connectivity index (χ1) is 7.87. The lowest BCUT2D eigenvalue weighted by atomic mass is 10.1. The molecule has 2 unspecified atom stereocenters. The zero-order valence-corrected chi connectivity index (χ0v) is 11.6. The normalized spacial score (nSPS) is 23.3. The molecule has 0 aromatic rings. The summed E-state index contributed by atoms with van der Waals surface area (Å²) in [5.74, 6) is 0.621. The Morgan fingerprint density at radius 2 is 2.18 bits per heavy atom. The number of likely N-dealkylation sites (N-methyl/N-ethyl adjacent to an activating group) is 1. The lowest BCUT2D eigenvalue weighted by Gasteiger charge is -2.26. The number of hydrogen-bond acceptors (Lipinski definition) is 4. The van der Waals surface area contributed by atoms with Gasteiger partial charge in [0.25, 0.3) is 0 Å². The van der Waals surface area contributed by atoms with Crippen molar-refractivity contribution in [2.45, 2.75) is 38.9 Å². The van der Waals surface area contributed by atoms with Crippen LogP contribution in [0.5, 0.6) is 0 Å². The maximum Gasteiger partial charge on any atom is 0.0900 e. The Morgan fingerprint density at radius 1 is 1.47 bits per heavy atom. The zero-order chi connectivity index (χ0) is 12.9. The summed E-state index contributed by atoms with van der Waals surface area (Å²) in [4.78, 5) is 2.16. The van der Waals surface area contributed by atoms with Gasteiger partial charge < -0.3 is 19.5 Å². The van der Waals surface area contributed by atoms with E-state index in [1.54, 1.807) is 0 Å². The summed E-state index contributed by atoms with van der Waals surface area (Å²) >= 11 is 0. The molecule has 0 radical (unpaired) electrons. The Morgan fingerprint density at radius 3 is 2.71 bits per heavy atom. The highest BCUT2D eigenvalue weighted by molar-refractivity contribution is 4.70. The smallest absolute Gasteiger partial charge is 0.0900 e. The van der Waals surface area contributed by atoms with Crippen molar-refractivity contribution in [3.05, 3.63) is 0 Å². The van der Waals surface area contributed by atoms with Crippen LogP contribution in [0.2, 0.25) is 0 Å². The summed E-state index contributed by atoms with van der Waals surface area (Å²) in [6.45, 7) is 9.79. The van der Waals surface area contributed by atoms with Crippen LogP contribution in [0, 0.1) is 5.92 Å². The minimum absolute atomic E-state index is 0.182. The maximum absolute atomic E-state index is 9.86. The molecule has 1 N–H and O–H groups in total. The van der Waals surface area contributed by atoms with Crippen molar-refractivity contribution >= 4 is 0 Å². The van der Waals surface area contributed by atoms with E-state index in [4.69, 9.17) is 9.47 Å². The Bertz CT molecular complexity index is 209. The summed E-state index contributed by atoms with van der Waals surface area (Å²) in [6.07, 6.45) is 0.723. The zero-order valence-electron chi connectivity index (χ0n) is 11.6. The number of ether oxygens (including phenoxy) is 2. The van der Waals surface area contributed by atoms with E-state index >= 15 is 0 Å². The minimum Gasteiger partial charge on any atom is -0.389 e. The number of aliphatic hydroxyl groups is 1. The molecule has 0 aromatic heterocycles. The molecule has 1 aliphatic rings. The fraction of sp³-hybridized carbons (Fsp3) is 1.00. The Labute approximate surface area is 105 Å². The van der Waals surface area contributed by atoms with E-state index < -0.39 is 6.10 Å². The van der Waals surface area contributed by atoms with E-state index in [9.17, 15) is 5.11 Å². The summed E-state index contributed by atoms with van der Waals surface area (Å²) in [6, 6.07) is 0. The van der Waals surface area contributed by atoms with E-state index in [-0.39, 0.29) is 5.60 Å². The predicted octanol–water partition coefficient (Wildman–Crippen LogP) is 1.13. The first kappa shape index (κ1) is 14.9. The average Bonchev–Trinajstić information content (AvgIpc) is 2.66. The van der Waals surface area contributed by atoms with Gasteiger partial charge in [0.1, 0.15) is 0 Å². The lowest BCUT2D eigenvalue weighted by molar-refractivity contribution is -0.0552. The monoisotopic (exact) mass is 245 g/mol. The second-order valence-corrected chi connectivity index (χ2v) is 6.03. The third kappa shape index (κ3) is 6.99. The minimum atomic E-state index is -0.415. The molecule has 1 rings (SSSR count). The molecular weight excluding hydrogens is 218 g/mol. The van der Waals surface area contributed by atoms with Gasteiger partial charge in [-0.2, -0.15) is 0 Å². The van der Waals surface area contributed by atoms with Gasteiger partial charge in [-0.25, -0.2) is 0 Å². The van der Waals surface area contributed by atoms with Gasteiger partial charge in [-0.15, -0.1) is 0 Å². The molecular formula is C13H27NO3. The van der Waals surface area contributed by atoms with Gasteiger partial charge in [-0.05, 0) is 40.2 Å². The molecule has 1 fully saturated rings. The first-order valence-corrected chi connectivity index (χ1v) is 6.45. The highest BCUT2D eigenvalue weighted by atomic mass is 16.5. The van der Waals surface area contributed by atoms with Crippen molar-refractivity contribution in [2.24, 2.45) is 5.92 Å². The van der Waals surface area contributed by atoms with Crippen LogP contribution in [0.4, 0.5) is 0 Å². The standard InChI is InChI=1S/C13H27NO3/c1-13(2,3)17-10-12(15)8-14(4)7-11-5-6-16-9-11/h11-12,15H,5-10H2,1-4H3. The Balaban J connectivity index is 2.14. The average molecular weight is 245 g/mol. The van der Waals surface area contributed by atoms with Gasteiger partial charge in [0.2, 0.25) is 0 Å². The highest BCUT2D eigenvalue weighted by Gasteiger charge is 2.19. The van der Waals surface area contributed by atoms with E-state index in [0.717, 1.165) is 26.2 Å². The molecule has 1 aliphatic heterocycles. The topological polar surface area (TPSA) is 41.9 Å². The molecule has 2 atom stereocenters. The molecule has 0 spiro atoms. The molecule has 0 bridgehead atoms. The Kier molecular flexibility index (Phi) is 5.86. The number of rotatable bonds is 6. The van der Waals surface area contributed by atoms with Crippen molar-refractivity contribution < 1.29 is 14.6 Å².